The molecule has 0 bridgehead atoms. The lowest BCUT2D eigenvalue weighted by Crippen LogP contribution is -2.29. The molecule has 1 aromatic rings. The van der Waals surface area contributed by atoms with Gasteiger partial charge in [0.05, 0.1) is 0 Å². The standard InChI is InChI=1S/C19H27NO/c1-19(2,3)15-9-7-13(8-10-15)18(21)11-17-16-6-4-5-14(16)12-20-17/h7-10,14,16-17,20H,4-6,11-12H2,1-3H3. The summed E-state index contributed by atoms with van der Waals surface area (Å²) >= 11 is 0. The first-order valence-electron chi connectivity index (χ1n) is 8.32. The van der Waals surface area contributed by atoms with Gasteiger partial charge in [-0.3, -0.25) is 4.79 Å². The molecule has 1 heterocycles. The maximum atomic E-state index is 12.5. The minimum absolute atomic E-state index is 0.144. The van der Waals surface area contributed by atoms with E-state index < -0.39 is 0 Å². The summed E-state index contributed by atoms with van der Waals surface area (Å²) in [5.41, 5.74) is 2.30. The summed E-state index contributed by atoms with van der Waals surface area (Å²) in [5, 5.41) is 3.57. The van der Waals surface area contributed by atoms with Gasteiger partial charge in [0.15, 0.2) is 5.78 Å². The molecule has 2 nitrogen and oxygen atoms in total. The van der Waals surface area contributed by atoms with Crippen LogP contribution in [0.15, 0.2) is 24.3 Å². The van der Waals surface area contributed by atoms with Crippen LogP contribution in [0, 0.1) is 11.8 Å². The van der Waals surface area contributed by atoms with Gasteiger partial charge in [0.1, 0.15) is 0 Å². The van der Waals surface area contributed by atoms with Crippen molar-refractivity contribution in [3.8, 4) is 0 Å². The Bertz CT molecular complexity index is 511. The largest absolute Gasteiger partial charge is 0.313 e. The second kappa shape index (κ2) is 5.57. The fourth-order valence-electron chi connectivity index (χ4n) is 4.00. The Morgan fingerprint density at radius 2 is 1.90 bits per heavy atom. The van der Waals surface area contributed by atoms with Crippen molar-refractivity contribution in [1.82, 2.24) is 5.32 Å². The number of benzene rings is 1. The monoisotopic (exact) mass is 285 g/mol. The summed E-state index contributed by atoms with van der Waals surface area (Å²) in [6.45, 7) is 7.72. The molecule has 1 saturated heterocycles. The van der Waals surface area contributed by atoms with E-state index in [9.17, 15) is 4.79 Å². The molecule has 2 heteroatoms. The van der Waals surface area contributed by atoms with E-state index in [0.717, 1.165) is 23.9 Å². The summed E-state index contributed by atoms with van der Waals surface area (Å²) in [7, 11) is 0. The van der Waals surface area contributed by atoms with E-state index in [2.05, 4.69) is 38.2 Å². The molecule has 0 aromatic heterocycles. The number of fused-ring (bicyclic) bond motifs is 1. The first kappa shape index (κ1) is 14.8. The van der Waals surface area contributed by atoms with Crippen LogP contribution in [0.1, 0.15) is 62.4 Å². The Hall–Kier alpha value is -1.15. The maximum absolute atomic E-state index is 12.5. The molecule has 2 aliphatic rings. The number of rotatable bonds is 3. The second-order valence-corrected chi connectivity index (χ2v) is 7.82. The lowest BCUT2D eigenvalue weighted by molar-refractivity contribution is 0.0963. The zero-order chi connectivity index (χ0) is 15.0. The smallest absolute Gasteiger partial charge is 0.164 e. The van der Waals surface area contributed by atoms with Crippen molar-refractivity contribution in [3.63, 3.8) is 0 Å². The third-order valence-electron chi connectivity index (χ3n) is 5.36. The van der Waals surface area contributed by atoms with Crippen LogP contribution < -0.4 is 5.32 Å². The van der Waals surface area contributed by atoms with Crippen LogP contribution in [0.25, 0.3) is 0 Å². The topological polar surface area (TPSA) is 29.1 Å². The minimum Gasteiger partial charge on any atom is -0.313 e. The number of hydrogen-bond acceptors (Lipinski definition) is 2. The lowest BCUT2D eigenvalue weighted by Gasteiger charge is -2.20. The summed E-state index contributed by atoms with van der Waals surface area (Å²) < 4.78 is 0. The van der Waals surface area contributed by atoms with Crippen molar-refractivity contribution < 1.29 is 4.79 Å². The molecule has 2 fully saturated rings. The Morgan fingerprint density at radius 1 is 1.19 bits per heavy atom. The van der Waals surface area contributed by atoms with Crippen LogP contribution in [-0.2, 0) is 5.41 Å². The molecule has 1 saturated carbocycles. The van der Waals surface area contributed by atoms with E-state index in [4.69, 9.17) is 0 Å². The van der Waals surface area contributed by atoms with Crippen LogP contribution in [-0.4, -0.2) is 18.4 Å². The van der Waals surface area contributed by atoms with E-state index >= 15 is 0 Å². The van der Waals surface area contributed by atoms with Gasteiger partial charge >= 0.3 is 0 Å². The number of nitrogens with one attached hydrogen (secondary N) is 1. The van der Waals surface area contributed by atoms with Crippen molar-refractivity contribution >= 4 is 5.78 Å². The quantitative estimate of drug-likeness (QED) is 0.852. The number of Topliss-reactive ketones (excluding diaryl/α,β-unsaturated/α-hetero) is 1. The molecule has 1 aromatic carbocycles. The van der Waals surface area contributed by atoms with Gasteiger partial charge in [0.2, 0.25) is 0 Å². The zero-order valence-electron chi connectivity index (χ0n) is 13.5. The minimum atomic E-state index is 0.144. The highest BCUT2D eigenvalue weighted by Gasteiger charge is 2.39. The first-order valence-corrected chi connectivity index (χ1v) is 8.32. The Kier molecular flexibility index (Phi) is 3.92. The van der Waals surface area contributed by atoms with Crippen LogP contribution in [0.2, 0.25) is 0 Å². The molecule has 0 radical (unpaired) electrons. The van der Waals surface area contributed by atoms with Crippen LogP contribution in [0.4, 0.5) is 0 Å². The third kappa shape index (κ3) is 3.06. The van der Waals surface area contributed by atoms with Gasteiger partial charge in [-0.2, -0.15) is 0 Å². The molecule has 1 aliphatic carbocycles. The highest BCUT2D eigenvalue weighted by atomic mass is 16.1. The second-order valence-electron chi connectivity index (χ2n) is 7.82. The number of ketones is 1. The molecule has 114 valence electrons. The highest BCUT2D eigenvalue weighted by molar-refractivity contribution is 5.96. The number of carbonyl (C=O) groups is 1. The van der Waals surface area contributed by atoms with Crippen molar-refractivity contribution in [2.75, 3.05) is 6.54 Å². The van der Waals surface area contributed by atoms with E-state index in [-0.39, 0.29) is 5.41 Å². The average molecular weight is 285 g/mol. The third-order valence-corrected chi connectivity index (χ3v) is 5.36. The molecular formula is C19H27NO. The van der Waals surface area contributed by atoms with Gasteiger partial charge in [-0.05, 0) is 42.2 Å². The summed E-state index contributed by atoms with van der Waals surface area (Å²) in [4.78, 5) is 12.5. The lowest BCUT2D eigenvalue weighted by atomic mass is 9.85. The zero-order valence-corrected chi connectivity index (χ0v) is 13.5. The Labute approximate surface area is 128 Å². The van der Waals surface area contributed by atoms with Gasteiger partial charge in [0, 0.05) is 18.0 Å². The molecule has 0 amide bonds. The summed E-state index contributed by atoms with van der Waals surface area (Å²) in [6, 6.07) is 8.63. The predicted octanol–water partition coefficient (Wildman–Crippen LogP) is 3.95. The van der Waals surface area contributed by atoms with Crippen molar-refractivity contribution in [2.24, 2.45) is 11.8 Å². The molecule has 21 heavy (non-hydrogen) atoms. The van der Waals surface area contributed by atoms with Gasteiger partial charge in [-0.15, -0.1) is 0 Å². The van der Waals surface area contributed by atoms with E-state index in [1.54, 1.807) is 0 Å². The van der Waals surface area contributed by atoms with E-state index in [1.807, 2.05) is 12.1 Å². The molecule has 3 atom stereocenters. The molecule has 1 N–H and O–H groups in total. The van der Waals surface area contributed by atoms with Gasteiger partial charge in [0.25, 0.3) is 0 Å². The SMILES string of the molecule is CC(C)(C)c1ccc(C(=O)CC2NCC3CCCC32)cc1. The number of carbonyl (C=O) groups excluding carboxylic acids is 1. The fraction of sp³-hybridized carbons (Fsp3) is 0.632. The van der Waals surface area contributed by atoms with Crippen molar-refractivity contribution in [2.45, 2.75) is 57.9 Å². The van der Waals surface area contributed by atoms with Gasteiger partial charge in [-0.25, -0.2) is 0 Å². The van der Waals surface area contributed by atoms with Crippen LogP contribution >= 0.6 is 0 Å². The van der Waals surface area contributed by atoms with Crippen molar-refractivity contribution in [3.05, 3.63) is 35.4 Å². The van der Waals surface area contributed by atoms with Crippen molar-refractivity contribution in [1.29, 1.82) is 0 Å². The first-order chi connectivity index (χ1) is 9.95. The number of hydrogen-bond donors (Lipinski definition) is 1. The molecule has 0 spiro atoms. The summed E-state index contributed by atoms with van der Waals surface area (Å²) in [5.74, 6) is 1.86. The maximum Gasteiger partial charge on any atom is 0.164 e. The van der Waals surface area contributed by atoms with Crippen LogP contribution in [0.5, 0.6) is 0 Å². The molecule has 3 rings (SSSR count). The predicted molar refractivity (Wildman–Crippen MR) is 86.7 cm³/mol. The highest BCUT2D eigenvalue weighted by Crippen LogP contribution is 2.39. The molecule has 3 unspecified atom stereocenters. The summed E-state index contributed by atoms with van der Waals surface area (Å²) in [6.07, 6.45) is 4.67. The fourth-order valence-corrected chi connectivity index (χ4v) is 4.00. The van der Waals surface area contributed by atoms with Gasteiger partial charge in [-0.1, -0.05) is 51.5 Å². The molecular weight excluding hydrogens is 258 g/mol. The van der Waals surface area contributed by atoms with E-state index in [0.29, 0.717) is 18.2 Å². The Morgan fingerprint density at radius 3 is 2.57 bits per heavy atom. The van der Waals surface area contributed by atoms with E-state index in [1.165, 1.54) is 24.8 Å². The van der Waals surface area contributed by atoms with Gasteiger partial charge < -0.3 is 5.32 Å². The normalized spacial score (nSPS) is 28.6. The Balaban J connectivity index is 1.65. The average Bonchev–Trinajstić information content (AvgIpc) is 3.03. The van der Waals surface area contributed by atoms with Crippen LogP contribution in [0.3, 0.4) is 0 Å². The molecule has 1 aliphatic heterocycles.